The van der Waals surface area contributed by atoms with Gasteiger partial charge in [0.1, 0.15) is 11.0 Å². The number of fused-ring (bicyclic) bond motifs is 1. The molecular formula is C16H20N6O3. The van der Waals surface area contributed by atoms with E-state index in [4.69, 9.17) is 0 Å². The van der Waals surface area contributed by atoms with Crippen LogP contribution in [0.25, 0.3) is 11.0 Å². The number of carbonyl (C=O) groups is 3. The van der Waals surface area contributed by atoms with Crippen LogP contribution >= 0.6 is 0 Å². The van der Waals surface area contributed by atoms with Crippen molar-refractivity contribution in [3.05, 3.63) is 23.8 Å². The van der Waals surface area contributed by atoms with Gasteiger partial charge in [0.25, 0.3) is 5.91 Å². The molecule has 0 saturated carbocycles. The lowest BCUT2D eigenvalue weighted by molar-refractivity contribution is -0.130. The van der Waals surface area contributed by atoms with E-state index in [1.165, 1.54) is 6.92 Å². The van der Waals surface area contributed by atoms with Gasteiger partial charge in [0, 0.05) is 45.7 Å². The zero-order chi connectivity index (χ0) is 18.0. The molecule has 1 aliphatic heterocycles. The van der Waals surface area contributed by atoms with E-state index in [-0.39, 0.29) is 24.3 Å². The molecule has 9 heteroatoms. The van der Waals surface area contributed by atoms with Crippen molar-refractivity contribution in [1.29, 1.82) is 0 Å². The van der Waals surface area contributed by atoms with Crippen LogP contribution < -0.4 is 5.32 Å². The highest BCUT2D eigenvalue weighted by atomic mass is 16.2. The molecule has 1 atom stereocenters. The highest BCUT2D eigenvalue weighted by molar-refractivity contribution is 5.97. The van der Waals surface area contributed by atoms with Gasteiger partial charge in [0.15, 0.2) is 0 Å². The first-order valence-corrected chi connectivity index (χ1v) is 8.06. The normalized spacial score (nSPS) is 18.1. The van der Waals surface area contributed by atoms with Crippen molar-refractivity contribution in [3.63, 3.8) is 0 Å². The first-order chi connectivity index (χ1) is 12.0. The number of hydrogen-bond donors (Lipinski definition) is 2. The van der Waals surface area contributed by atoms with E-state index in [1.807, 2.05) is 0 Å². The Morgan fingerprint density at radius 2 is 1.80 bits per heavy atom. The van der Waals surface area contributed by atoms with E-state index in [0.29, 0.717) is 36.2 Å². The molecule has 25 heavy (non-hydrogen) atoms. The number of benzene rings is 1. The van der Waals surface area contributed by atoms with E-state index in [2.05, 4.69) is 20.7 Å². The highest BCUT2D eigenvalue weighted by Gasteiger charge is 2.31. The molecule has 1 aliphatic rings. The maximum absolute atomic E-state index is 12.9. The quantitative estimate of drug-likeness (QED) is 0.772. The van der Waals surface area contributed by atoms with Gasteiger partial charge in [-0.1, -0.05) is 0 Å². The van der Waals surface area contributed by atoms with Gasteiger partial charge in [-0.2, -0.15) is 15.4 Å². The highest BCUT2D eigenvalue weighted by Crippen LogP contribution is 2.16. The number of rotatable bonds is 2. The zero-order valence-corrected chi connectivity index (χ0v) is 14.2. The van der Waals surface area contributed by atoms with Crippen molar-refractivity contribution in [2.24, 2.45) is 5.92 Å². The lowest BCUT2D eigenvalue weighted by Gasteiger charge is -2.23. The van der Waals surface area contributed by atoms with Gasteiger partial charge in [-0.3, -0.25) is 14.4 Å². The number of aromatic nitrogens is 3. The maximum atomic E-state index is 12.9. The number of nitrogens with one attached hydrogen (secondary N) is 2. The average Bonchev–Trinajstić information content (AvgIpc) is 2.96. The summed E-state index contributed by atoms with van der Waals surface area (Å²) in [5, 5.41) is 13.1. The third-order valence-electron chi connectivity index (χ3n) is 4.43. The molecule has 1 aromatic carbocycles. The summed E-state index contributed by atoms with van der Waals surface area (Å²) >= 11 is 0. The Balaban J connectivity index is 1.84. The van der Waals surface area contributed by atoms with Crippen LogP contribution in [0.3, 0.4) is 0 Å². The molecule has 132 valence electrons. The predicted octanol–water partition coefficient (Wildman–Crippen LogP) is -0.376. The topological polar surface area (TPSA) is 111 Å². The molecule has 1 aromatic heterocycles. The molecule has 0 radical (unpaired) electrons. The largest absolute Gasteiger partial charge is 0.359 e. The standard InChI is InChI=1S/C16H20N6O3/c1-10(23)21-5-6-22(9-12(8-21)15(24)17-2)16(25)11-3-4-13-14(7-11)19-20-18-13/h3-4,7,12H,5-6,8-9H2,1-2H3,(H,17,24)(H,18,19,20). The van der Waals surface area contributed by atoms with E-state index in [9.17, 15) is 14.4 Å². The molecule has 0 spiro atoms. The van der Waals surface area contributed by atoms with Gasteiger partial charge < -0.3 is 15.1 Å². The molecule has 2 N–H and O–H groups in total. The Bertz CT molecular complexity index is 817. The minimum Gasteiger partial charge on any atom is -0.359 e. The molecule has 0 aliphatic carbocycles. The number of hydrogen-bond acceptors (Lipinski definition) is 5. The second-order valence-corrected chi connectivity index (χ2v) is 6.05. The van der Waals surface area contributed by atoms with Crippen LogP contribution in [-0.4, -0.2) is 76.2 Å². The van der Waals surface area contributed by atoms with Crippen molar-refractivity contribution >= 4 is 28.8 Å². The first-order valence-electron chi connectivity index (χ1n) is 8.06. The Kier molecular flexibility index (Phi) is 4.64. The van der Waals surface area contributed by atoms with Gasteiger partial charge in [-0.15, -0.1) is 0 Å². The van der Waals surface area contributed by atoms with Gasteiger partial charge >= 0.3 is 0 Å². The molecule has 3 amide bonds. The number of carbonyl (C=O) groups excluding carboxylic acids is 3. The Morgan fingerprint density at radius 1 is 1.12 bits per heavy atom. The summed E-state index contributed by atoms with van der Waals surface area (Å²) in [6.45, 7) is 2.82. The Labute approximate surface area is 144 Å². The molecule has 2 heterocycles. The molecule has 0 bridgehead atoms. The van der Waals surface area contributed by atoms with E-state index < -0.39 is 5.92 Å². The third-order valence-corrected chi connectivity index (χ3v) is 4.43. The fourth-order valence-corrected chi connectivity index (χ4v) is 3.01. The summed E-state index contributed by atoms with van der Waals surface area (Å²) in [6, 6.07) is 5.08. The molecule has 1 saturated heterocycles. The monoisotopic (exact) mass is 344 g/mol. The van der Waals surface area contributed by atoms with Gasteiger partial charge in [-0.05, 0) is 18.2 Å². The molecule has 1 unspecified atom stereocenters. The van der Waals surface area contributed by atoms with Crippen molar-refractivity contribution in [1.82, 2.24) is 30.5 Å². The van der Waals surface area contributed by atoms with Crippen molar-refractivity contribution < 1.29 is 14.4 Å². The summed E-state index contributed by atoms with van der Waals surface area (Å²) < 4.78 is 0. The van der Waals surface area contributed by atoms with Crippen LogP contribution in [0.2, 0.25) is 0 Å². The summed E-state index contributed by atoms with van der Waals surface area (Å²) in [5.41, 5.74) is 1.76. The van der Waals surface area contributed by atoms with Crippen molar-refractivity contribution in [3.8, 4) is 0 Å². The lowest BCUT2D eigenvalue weighted by atomic mass is 10.1. The maximum Gasteiger partial charge on any atom is 0.254 e. The average molecular weight is 344 g/mol. The Hall–Kier alpha value is -2.97. The number of nitrogens with zero attached hydrogens (tertiary/aromatic N) is 4. The van der Waals surface area contributed by atoms with E-state index in [1.54, 1.807) is 35.0 Å². The summed E-state index contributed by atoms with van der Waals surface area (Å²) in [5.74, 6) is -0.939. The number of H-pyrrole nitrogens is 1. The fourth-order valence-electron chi connectivity index (χ4n) is 3.01. The smallest absolute Gasteiger partial charge is 0.254 e. The van der Waals surface area contributed by atoms with Gasteiger partial charge in [-0.25, -0.2) is 0 Å². The van der Waals surface area contributed by atoms with Crippen LogP contribution in [0.5, 0.6) is 0 Å². The summed E-state index contributed by atoms with van der Waals surface area (Å²) in [4.78, 5) is 40.0. The molecule has 1 fully saturated rings. The zero-order valence-electron chi connectivity index (χ0n) is 14.2. The molecule has 2 aromatic rings. The van der Waals surface area contributed by atoms with Crippen LogP contribution in [0.4, 0.5) is 0 Å². The van der Waals surface area contributed by atoms with Crippen molar-refractivity contribution in [2.45, 2.75) is 6.92 Å². The second kappa shape index (κ2) is 6.88. The van der Waals surface area contributed by atoms with Crippen LogP contribution in [0.15, 0.2) is 18.2 Å². The predicted molar refractivity (Wildman–Crippen MR) is 89.6 cm³/mol. The molecule has 3 rings (SSSR count). The third kappa shape index (κ3) is 3.44. The van der Waals surface area contributed by atoms with Gasteiger partial charge in [0.05, 0.1) is 5.92 Å². The van der Waals surface area contributed by atoms with E-state index in [0.717, 1.165) is 0 Å². The summed E-state index contributed by atoms with van der Waals surface area (Å²) in [7, 11) is 1.55. The number of aromatic amines is 1. The Morgan fingerprint density at radius 3 is 2.52 bits per heavy atom. The minimum absolute atomic E-state index is 0.104. The number of amides is 3. The van der Waals surface area contributed by atoms with E-state index >= 15 is 0 Å². The lowest BCUT2D eigenvalue weighted by Crippen LogP contribution is -2.42. The van der Waals surface area contributed by atoms with Crippen LogP contribution in [0.1, 0.15) is 17.3 Å². The first kappa shape index (κ1) is 16.9. The minimum atomic E-state index is -0.462. The SMILES string of the molecule is CNC(=O)C1CN(C(C)=O)CCN(C(=O)c2ccc3n[nH]nc3c2)C1. The van der Waals surface area contributed by atoms with Crippen molar-refractivity contribution in [2.75, 3.05) is 33.2 Å². The molecule has 9 nitrogen and oxygen atoms in total. The molecular weight excluding hydrogens is 324 g/mol. The van der Waals surface area contributed by atoms with Crippen LogP contribution in [-0.2, 0) is 9.59 Å². The second-order valence-electron chi connectivity index (χ2n) is 6.05. The van der Waals surface area contributed by atoms with Gasteiger partial charge in [0.2, 0.25) is 11.8 Å². The fraction of sp³-hybridized carbons (Fsp3) is 0.438. The van der Waals surface area contributed by atoms with Crippen LogP contribution in [0, 0.1) is 5.92 Å². The summed E-state index contributed by atoms with van der Waals surface area (Å²) in [6.07, 6.45) is 0.